The zero-order valence-electron chi connectivity index (χ0n) is 12.0. The minimum Gasteiger partial charge on any atom is -0.492 e. The van der Waals surface area contributed by atoms with Crippen LogP contribution < -0.4 is 4.74 Å². The van der Waals surface area contributed by atoms with Gasteiger partial charge in [0.2, 0.25) is 5.28 Å². The Morgan fingerprint density at radius 2 is 1.95 bits per heavy atom. The van der Waals surface area contributed by atoms with Crippen LogP contribution in [0.4, 0.5) is 0 Å². The van der Waals surface area contributed by atoms with Gasteiger partial charge in [0.05, 0.1) is 12.1 Å². The van der Waals surface area contributed by atoms with E-state index >= 15 is 0 Å². The highest BCUT2D eigenvalue weighted by molar-refractivity contribution is 6.29. The highest BCUT2D eigenvalue weighted by Crippen LogP contribution is 2.35. The summed E-state index contributed by atoms with van der Waals surface area (Å²) < 4.78 is 7.61. The highest BCUT2D eigenvalue weighted by atomic mass is 35.5. The van der Waals surface area contributed by atoms with Crippen molar-refractivity contribution in [3.8, 4) is 5.75 Å². The molecule has 0 saturated carbocycles. The SMILES string of the molecule is CCOc1ccc(C(CC)CC)c2c1nc(Cl)n2C. The lowest BCUT2D eigenvalue weighted by atomic mass is 9.92. The number of halogens is 1. The van der Waals surface area contributed by atoms with Gasteiger partial charge in [0.15, 0.2) is 0 Å². The molecule has 0 atom stereocenters. The van der Waals surface area contributed by atoms with Gasteiger partial charge in [-0.2, -0.15) is 0 Å². The lowest BCUT2D eigenvalue weighted by molar-refractivity contribution is 0.343. The number of rotatable bonds is 5. The Morgan fingerprint density at radius 1 is 1.26 bits per heavy atom. The first-order chi connectivity index (χ1) is 9.13. The summed E-state index contributed by atoms with van der Waals surface area (Å²) in [7, 11) is 1.96. The molecule has 3 nitrogen and oxygen atoms in total. The van der Waals surface area contributed by atoms with Gasteiger partial charge < -0.3 is 9.30 Å². The van der Waals surface area contributed by atoms with Crippen LogP contribution in [-0.2, 0) is 7.05 Å². The third kappa shape index (κ3) is 2.44. The molecule has 0 aliphatic carbocycles. The van der Waals surface area contributed by atoms with Crippen LogP contribution in [0, 0.1) is 0 Å². The van der Waals surface area contributed by atoms with Gasteiger partial charge in [-0.3, -0.25) is 0 Å². The smallest absolute Gasteiger partial charge is 0.203 e. The average Bonchev–Trinajstić information content (AvgIpc) is 2.70. The number of imidazole rings is 1. The molecule has 1 aromatic carbocycles. The van der Waals surface area contributed by atoms with Gasteiger partial charge in [-0.25, -0.2) is 4.98 Å². The molecule has 0 amide bonds. The Hall–Kier alpha value is -1.22. The Balaban J connectivity index is 2.70. The molecule has 104 valence electrons. The lowest BCUT2D eigenvalue weighted by Gasteiger charge is -2.16. The molecule has 0 saturated heterocycles. The summed E-state index contributed by atoms with van der Waals surface area (Å²) in [5, 5.41) is 0.509. The summed E-state index contributed by atoms with van der Waals surface area (Å²) in [5.41, 5.74) is 3.29. The van der Waals surface area contributed by atoms with Crippen LogP contribution in [-0.4, -0.2) is 16.2 Å². The van der Waals surface area contributed by atoms with E-state index in [2.05, 4.69) is 24.9 Å². The molecule has 0 aliphatic rings. The molecule has 0 spiro atoms. The third-order valence-corrected chi connectivity index (χ3v) is 4.02. The average molecular weight is 281 g/mol. The molecule has 19 heavy (non-hydrogen) atoms. The van der Waals surface area contributed by atoms with Gasteiger partial charge in [-0.1, -0.05) is 19.9 Å². The number of fused-ring (bicyclic) bond motifs is 1. The molecule has 0 unspecified atom stereocenters. The third-order valence-electron chi connectivity index (χ3n) is 3.69. The summed E-state index contributed by atoms with van der Waals surface area (Å²) in [4.78, 5) is 4.45. The second-order valence-electron chi connectivity index (χ2n) is 4.74. The molecule has 4 heteroatoms. The maximum atomic E-state index is 6.18. The number of ether oxygens (including phenoxy) is 1. The first-order valence-corrected chi connectivity index (χ1v) is 7.29. The van der Waals surface area contributed by atoms with Gasteiger partial charge in [-0.15, -0.1) is 0 Å². The summed E-state index contributed by atoms with van der Waals surface area (Å²) in [5.74, 6) is 1.35. The van der Waals surface area contributed by atoms with Crippen LogP contribution >= 0.6 is 11.6 Å². The number of benzene rings is 1. The Morgan fingerprint density at radius 3 is 2.53 bits per heavy atom. The quantitative estimate of drug-likeness (QED) is 0.805. The van der Waals surface area contributed by atoms with Gasteiger partial charge in [0.1, 0.15) is 11.3 Å². The van der Waals surface area contributed by atoms with E-state index in [0.29, 0.717) is 17.8 Å². The maximum Gasteiger partial charge on any atom is 0.203 e. The van der Waals surface area contributed by atoms with Crippen molar-refractivity contribution >= 4 is 22.6 Å². The van der Waals surface area contributed by atoms with Crippen molar-refractivity contribution < 1.29 is 4.74 Å². The second-order valence-corrected chi connectivity index (χ2v) is 5.07. The molecule has 0 aliphatic heterocycles. The summed E-state index contributed by atoms with van der Waals surface area (Å²) in [6.07, 6.45) is 2.23. The molecule has 1 heterocycles. The molecule has 0 bridgehead atoms. The first kappa shape index (κ1) is 14.2. The Labute approximate surface area is 119 Å². The Kier molecular flexibility index (Phi) is 4.35. The van der Waals surface area contributed by atoms with Crippen molar-refractivity contribution in [2.75, 3.05) is 6.61 Å². The minimum atomic E-state index is 0.509. The molecule has 0 N–H and O–H groups in total. The molecule has 1 aromatic heterocycles. The minimum absolute atomic E-state index is 0.509. The second kappa shape index (κ2) is 5.83. The largest absolute Gasteiger partial charge is 0.492 e. The number of hydrogen-bond donors (Lipinski definition) is 0. The molecule has 2 aromatic rings. The van der Waals surface area contributed by atoms with E-state index in [1.54, 1.807) is 0 Å². The molecule has 2 rings (SSSR count). The fourth-order valence-electron chi connectivity index (χ4n) is 2.63. The van der Waals surface area contributed by atoms with Gasteiger partial charge in [0.25, 0.3) is 0 Å². The van der Waals surface area contributed by atoms with E-state index in [4.69, 9.17) is 16.3 Å². The van der Waals surface area contributed by atoms with Gasteiger partial charge in [-0.05, 0) is 48.9 Å². The van der Waals surface area contributed by atoms with E-state index in [1.165, 1.54) is 5.56 Å². The lowest BCUT2D eigenvalue weighted by Crippen LogP contribution is -2.01. The summed E-state index contributed by atoms with van der Waals surface area (Å²) >= 11 is 6.18. The van der Waals surface area contributed by atoms with E-state index in [0.717, 1.165) is 29.6 Å². The zero-order valence-corrected chi connectivity index (χ0v) is 12.8. The van der Waals surface area contributed by atoms with Crippen LogP contribution in [0.3, 0.4) is 0 Å². The van der Waals surface area contributed by atoms with Crippen LogP contribution in [0.2, 0.25) is 5.28 Å². The van der Waals surface area contributed by atoms with Crippen LogP contribution in [0.1, 0.15) is 45.1 Å². The summed E-state index contributed by atoms with van der Waals surface area (Å²) in [6, 6.07) is 4.17. The summed E-state index contributed by atoms with van der Waals surface area (Å²) in [6.45, 7) is 7.04. The number of hydrogen-bond acceptors (Lipinski definition) is 2. The zero-order chi connectivity index (χ0) is 14.0. The molecule has 0 fully saturated rings. The van der Waals surface area contributed by atoms with Gasteiger partial charge in [0, 0.05) is 7.05 Å². The standard InChI is InChI=1S/C15H21ClN2O/c1-5-10(6-2)11-8-9-12(19-7-3)13-14(11)18(4)15(16)17-13/h8-10H,5-7H2,1-4H3. The number of nitrogens with zero attached hydrogens (tertiary/aromatic N) is 2. The topological polar surface area (TPSA) is 27.1 Å². The van der Waals surface area contributed by atoms with Crippen molar-refractivity contribution in [3.63, 3.8) is 0 Å². The fraction of sp³-hybridized carbons (Fsp3) is 0.533. The normalized spacial score (nSPS) is 11.5. The van der Waals surface area contributed by atoms with Crippen molar-refractivity contribution in [2.45, 2.75) is 39.5 Å². The van der Waals surface area contributed by atoms with Crippen LogP contribution in [0.15, 0.2) is 12.1 Å². The van der Waals surface area contributed by atoms with Gasteiger partial charge >= 0.3 is 0 Å². The van der Waals surface area contributed by atoms with Crippen molar-refractivity contribution in [2.24, 2.45) is 7.05 Å². The monoisotopic (exact) mass is 280 g/mol. The highest BCUT2D eigenvalue weighted by Gasteiger charge is 2.19. The number of aromatic nitrogens is 2. The van der Waals surface area contributed by atoms with E-state index in [9.17, 15) is 0 Å². The van der Waals surface area contributed by atoms with E-state index in [1.807, 2.05) is 24.6 Å². The van der Waals surface area contributed by atoms with Crippen molar-refractivity contribution in [1.29, 1.82) is 0 Å². The van der Waals surface area contributed by atoms with Crippen LogP contribution in [0.25, 0.3) is 11.0 Å². The van der Waals surface area contributed by atoms with Crippen molar-refractivity contribution in [1.82, 2.24) is 9.55 Å². The van der Waals surface area contributed by atoms with E-state index in [-0.39, 0.29) is 0 Å². The predicted molar refractivity (Wildman–Crippen MR) is 80.2 cm³/mol. The first-order valence-electron chi connectivity index (χ1n) is 6.91. The predicted octanol–water partition coefficient (Wildman–Crippen LogP) is 4.53. The molecular formula is C15H21ClN2O. The van der Waals surface area contributed by atoms with E-state index < -0.39 is 0 Å². The number of aryl methyl sites for hydroxylation is 1. The fourth-order valence-corrected chi connectivity index (χ4v) is 2.80. The van der Waals surface area contributed by atoms with Crippen LogP contribution in [0.5, 0.6) is 5.75 Å². The molecule has 0 radical (unpaired) electrons. The Bertz CT molecular complexity index is 573. The molecular weight excluding hydrogens is 260 g/mol. The maximum absolute atomic E-state index is 6.18. The van der Waals surface area contributed by atoms with Crippen molar-refractivity contribution in [3.05, 3.63) is 23.0 Å².